The van der Waals surface area contributed by atoms with Gasteiger partial charge in [0, 0.05) is 44.3 Å². The zero-order valence-electron chi connectivity index (χ0n) is 15.2. The minimum atomic E-state index is 0.621. The molecule has 25 heavy (non-hydrogen) atoms. The summed E-state index contributed by atoms with van der Waals surface area (Å²) in [6, 6.07) is 6.80. The maximum absolute atomic E-state index is 4.55. The minimum Gasteiger partial charge on any atom is -0.340 e. The molecule has 0 radical (unpaired) electrons. The first-order valence-corrected chi connectivity index (χ1v) is 9.34. The van der Waals surface area contributed by atoms with Gasteiger partial charge in [-0.15, -0.1) is 0 Å². The van der Waals surface area contributed by atoms with Crippen LogP contribution in [0.15, 0.2) is 36.8 Å². The highest BCUT2D eigenvalue weighted by molar-refractivity contribution is 5.33. The number of aryl methyl sites for hydroxylation is 1. The Balaban J connectivity index is 1.46. The van der Waals surface area contributed by atoms with Crippen molar-refractivity contribution in [3.05, 3.63) is 48.0 Å². The van der Waals surface area contributed by atoms with Crippen LogP contribution in [-0.4, -0.2) is 46.0 Å². The largest absolute Gasteiger partial charge is 0.340 e. The third-order valence-corrected chi connectivity index (χ3v) is 5.81. The molecule has 0 N–H and O–H groups in total. The molecule has 2 aliphatic rings. The molecule has 0 aromatic carbocycles. The fourth-order valence-corrected chi connectivity index (χ4v) is 4.57. The second kappa shape index (κ2) is 7.08. The molecule has 0 amide bonds. The number of aromatic nitrogens is 3. The monoisotopic (exact) mass is 337 g/mol. The molecule has 5 heteroatoms. The van der Waals surface area contributed by atoms with E-state index in [4.69, 9.17) is 0 Å². The van der Waals surface area contributed by atoms with Gasteiger partial charge in [0.15, 0.2) is 0 Å². The number of hydrogen-bond acceptors (Lipinski definition) is 5. The van der Waals surface area contributed by atoms with Crippen molar-refractivity contribution >= 4 is 5.95 Å². The first-order chi connectivity index (χ1) is 12.2. The van der Waals surface area contributed by atoms with Crippen molar-refractivity contribution in [3.8, 4) is 0 Å². The molecule has 1 saturated carbocycles. The van der Waals surface area contributed by atoms with Crippen molar-refractivity contribution in [3.63, 3.8) is 0 Å². The lowest BCUT2D eigenvalue weighted by Crippen LogP contribution is -2.43. The maximum Gasteiger partial charge on any atom is 0.225 e. The van der Waals surface area contributed by atoms with Crippen molar-refractivity contribution < 1.29 is 0 Å². The third-order valence-electron chi connectivity index (χ3n) is 5.81. The highest BCUT2D eigenvalue weighted by Gasteiger charge is 2.42. The molecular weight excluding hydrogens is 310 g/mol. The van der Waals surface area contributed by atoms with Gasteiger partial charge in [-0.25, -0.2) is 9.97 Å². The smallest absolute Gasteiger partial charge is 0.225 e. The van der Waals surface area contributed by atoms with E-state index in [1.54, 1.807) is 0 Å². The van der Waals surface area contributed by atoms with Crippen molar-refractivity contribution in [2.75, 3.05) is 25.0 Å². The van der Waals surface area contributed by atoms with Gasteiger partial charge in [-0.1, -0.05) is 12.5 Å². The maximum atomic E-state index is 4.55. The molecule has 1 aliphatic carbocycles. The lowest BCUT2D eigenvalue weighted by atomic mass is 9.77. The molecule has 0 bridgehead atoms. The quantitative estimate of drug-likeness (QED) is 0.858. The molecule has 2 fully saturated rings. The number of fused-ring (bicyclic) bond motifs is 1. The summed E-state index contributed by atoms with van der Waals surface area (Å²) in [5, 5.41) is 0. The van der Waals surface area contributed by atoms with E-state index in [0.717, 1.165) is 42.8 Å². The van der Waals surface area contributed by atoms with Gasteiger partial charge < -0.3 is 4.90 Å². The summed E-state index contributed by atoms with van der Waals surface area (Å²) in [6.45, 7) is 5.14. The van der Waals surface area contributed by atoms with Crippen LogP contribution in [0.25, 0.3) is 0 Å². The number of hydrogen-bond donors (Lipinski definition) is 0. The zero-order chi connectivity index (χ0) is 17.2. The second-order valence-electron chi connectivity index (χ2n) is 7.62. The van der Waals surface area contributed by atoms with Gasteiger partial charge in [0.2, 0.25) is 5.95 Å². The van der Waals surface area contributed by atoms with Gasteiger partial charge in [0.1, 0.15) is 0 Å². The first-order valence-electron chi connectivity index (χ1n) is 9.34. The molecule has 1 saturated heterocycles. The van der Waals surface area contributed by atoms with Crippen molar-refractivity contribution in [2.45, 2.75) is 38.8 Å². The zero-order valence-corrected chi connectivity index (χ0v) is 15.2. The number of pyridine rings is 1. The Labute approximate surface area is 150 Å². The predicted octanol–water partition coefficient (Wildman–Crippen LogP) is 2.92. The molecule has 4 rings (SSSR count). The SMILES string of the molecule is Cc1cnc(N2C[C@H]3CCC[C@@H](N(C)Cc4ccccn4)[C@H]3C2)nc1. The van der Waals surface area contributed by atoms with E-state index in [-0.39, 0.29) is 0 Å². The van der Waals surface area contributed by atoms with E-state index in [9.17, 15) is 0 Å². The van der Waals surface area contributed by atoms with Gasteiger partial charge in [0.25, 0.3) is 0 Å². The van der Waals surface area contributed by atoms with Crippen LogP contribution >= 0.6 is 0 Å². The third kappa shape index (κ3) is 3.52. The van der Waals surface area contributed by atoms with Gasteiger partial charge in [0.05, 0.1) is 5.69 Å². The molecule has 5 nitrogen and oxygen atoms in total. The lowest BCUT2D eigenvalue weighted by Gasteiger charge is -2.38. The van der Waals surface area contributed by atoms with Gasteiger partial charge in [-0.3, -0.25) is 9.88 Å². The van der Waals surface area contributed by atoms with Gasteiger partial charge >= 0.3 is 0 Å². The summed E-state index contributed by atoms with van der Waals surface area (Å²) in [5.74, 6) is 2.35. The molecule has 3 atom stereocenters. The van der Waals surface area contributed by atoms with E-state index < -0.39 is 0 Å². The normalized spacial score (nSPS) is 26.0. The fraction of sp³-hybridized carbons (Fsp3) is 0.550. The van der Waals surface area contributed by atoms with E-state index in [0.29, 0.717) is 12.0 Å². The molecule has 3 heterocycles. The predicted molar refractivity (Wildman–Crippen MR) is 99.3 cm³/mol. The van der Waals surface area contributed by atoms with Crippen molar-refractivity contribution in [1.82, 2.24) is 19.9 Å². The Morgan fingerprint density at radius 3 is 2.72 bits per heavy atom. The molecule has 1 aliphatic heterocycles. The second-order valence-corrected chi connectivity index (χ2v) is 7.62. The summed E-state index contributed by atoms with van der Waals surface area (Å²) >= 11 is 0. The van der Waals surface area contributed by atoms with Gasteiger partial charge in [-0.05, 0) is 56.3 Å². The van der Waals surface area contributed by atoms with Crippen LogP contribution in [0.5, 0.6) is 0 Å². The molecular formula is C20H27N5. The van der Waals surface area contributed by atoms with E-state index >= 15 is 0 Å². The van der Waals surface area contributed by atoms with Gasteiger partial charge in [-0.2, -0.15) is 0 Å². The number of rotatable bonds is 4. The Morgan fingerprint density at radius 1 is 1.12 bits per heavy atom. The summed E-state index contributed by atoms with van der Waals surface area (Å²) in [7, 11) is 2.26. The Kier molecular flexibility index (Phi) is 4.66. The van der Waals surface area contributed by atoms with Crippen LogP contribution in [0, 0.1) is 18.8 Å². The number of nitrogens with zero attached hydrogens (tertiary/aromatic N) is 5. The summed E-state index contributed by atoms with van der Waals surface area (Å²) in [4.78, 5) is 18.5. The summed E-state index contributed by atoms with van der Waals surface area (Å²) in [6.07, 6.45) is 9.68. The Morgan fingerprint density at radius 2 is 1.96 bits per heavy atom. The van der Waals surface area contributed by atoms with Crippen LogP contribution in [0.3, 0.4) is 0 Å². The molecule has 0 unspecified atom stereocenters. The fourth-order valence-electron chi connectivity index (χ4n) is 4.57. The van der Waals surface area contributed by atoms with Crippen LogP contribution < -0.4 is 4.90 Å². The van der Waals surface area contributed by atoms with Crippen LogP contribution in [-0.2, 0) is 6.54 Å². The van der Waals surface area contributed by atoms with Crippen molar-refractivity contribution in [2.24, 2.45) is 11.8 Å². The minimum absolute atomic E-state index is 0.621. The average molecular weight is 337 g/mol. The van der Waals surface area contributed by atoms with E-state index in [1.807, 2.05) is 31.6 Å². The van der Waals surface area contributed by atoms with E-state index in [1.165, 1.54) is 19.3 Å². The first kappa shape index (κ1) is 16.5. The Bertz CT molecular complexity index is 687. The van der Waals surface area contributed by atoms with Crippen LogP contribution in [0.2, 0.25) is 0 Å². The standard InChI is InChI=1S/C20H27N5/c1-15-10-22-20(23-11-15)25-12-16-6-5-8-19(18(16)14-25)24(2)13-17-7-3-4-9-21-17/h3-4,7,9-11,16,18-19H,5-6,8,12-14H2,1-2H3/t16-,18+,19-/m1/s1. The lowest BCUT2D eigenvalue weighted by molar-refractivity contribution is 0.105. The molecule has 2 aromatic rings. The average Bonchev–Trinajstić information content (AvgIpc) is 3.07. The van der Waals surface area contributed by atoms with Crippen LogP contribution in [0.1, 0.15) is 30.5 Å². The Hall–Kier alpha value is -2.01. The van der Waals surface area contributed by atoms with E-state index in [2.05, 4.69) is 43.9 Å². The summed E-state index contributed by atoms with van der Waals surface area (Å²) in [5.41, 5.74) is 2.28. The highest BCUT2D eigenvalue weighted by Crippen LogP contribution is 2.39. The molecule has 0 spiro atoms. The topological polar surface area (TPSA) is 45.2 Å². The van der Waals surface area contributed by atoms with Crippen LogP contribution in [0.4, 0.5) is 5.95 Å². The van der Waals surface area contributed by atoms with Crippen molar-refractivity contribution in [1.29, 1.82) is 0 Å². The highest BCUT2D eigenvalue weighted by atomic mass is 15.3. The molecule has 132 valence electrons. The molecule has 2 aromatic heterocycles. The number of anilines is 1. The summed E-state index contributed by atoms with van der Waals surface area (Å²) < 4.78 is 0.